The lowest BCUT2D eigenvalue weighted by atomic mass is 10.0. The molecular weight excluding hydrogens is 344 g/mol. The van der Waals surface area contributed by atoms with E-state index >= 15 is 0 Å². The summed E-state index contributed by atoms with van der Waals surface area (Å²) in [4.78, 5) is 0.658. The standard InChI is InChI=1S/C14H20Br2O/c1-3-5-12(15)7-4-6-11-10-13(16)8-9-14(11)17-2/h8-10,12H,3-7H2,1-2H3. The zero-order chi connectivity index (χ0) is 12.7. The van der Waals surface area contributed by atoms with Crippen molar-refractivity contribution >= 4 is 31.9 Å². The molecule has 0 aliphatic heterocycles. The van der Waals surface area contributed by atoms with E-state index in [1.807, 2.05) is 12.1 Å². The first-order valence-electron chi connectivity index (χ1n) is 6.13. The third-order valence-corrected chi connectivity index (χ3v) is 4.22. The number of hydrogen-bond donors (Lipinski definition) is 0. The Bertz CT molecular complexity index is 339. The molecule has 0 saturated heterocycles. The van der Waals surface area contributed by atoms with Crippen LogP contribution in [0.3, 0.4) is 0 Å². The number of rotatable bonds is 7. The van der Waals surface area contributed by atoms with Crippen molar-refractivity contribution in [3.8, 4) is 5.75 Å². The summed E-state index contributed by atoms with van der Waals surface area (Å²) >= 11 is 7.23. The maximum Gasteiger partial charge on any atom is 0.122 e. The normalized spacial score (nSPS) is 12.5. The molecule has 1 rings (SSSR count). The molecule has 0 radical (unpaired) electrons. The minimum Gasteiger partial charge on any atom is -0.496 e. The highest BCUT2D eigenvalue weighted by Crippen LogP contribution is 2.25. The minimum absolute atomic E-state index is 0.658. The van der Waals surface area contributed by atoms with Crippen molar-refractivity contribution in [2.24, 2.45) is 0 Å². The molecule has 1 aromatic rings. The molecule has 0 aliphatic rings. The van der Waals surface area contributed by atoms with Crippen LogP contribution in [0.2, 0.25) is 0 Å². The van der Waals surface area contributed by atoms with Crippen molar-refractivity contribution in [3.05, 3.63) is 28.2 Å². The molecule has 3 heteroatoms. The van der Waals surface area contributed by atoms with Gasteiger partial charge in [-0.3, -0.25) is 0 Å². The van der Waals surface area contributed by atoms with E-state index in [9.17, 15) is 0 Å². The number of alkyl halides is 1. The first kappa shape index (κ1) is 15.0. The van der Waals surface area contributed by atoms with Gasteiger partial charge in [-0.05, 0) is 49.4 Å². The number of benzene rings is 1. The fraction of sp³-hybridized carbons (Fsp3) is 0.571. The Hall–Kier alpha value is -0.0200. The molecule has 0 fully saturated rings. The second kappa shape index (κ2) is 8.15. The fourth-order valence-electron chi connectivity index (χ4n) is 1.91. The van der Waals surface area contributed by atoms with Gasteiger partial charge in [-0.1, -0.05) is 45.2 Å². The number of aryl methyl sites for hydroxylation is 1. The van der Waals surface area contributed by atoms with E-state index < -0.39 is 0 Å². The first-order valence-corrected chi connectivity index (χ1v) is 7.84. The lowest BCUT2D eigenvalue weighted by molar-refractivity contribution is 0.408. The molecule has 0 aromatic heterocycles. The van der Waals surface area contributed by atoms with Gasteiger partial charge in [-0.2, -0.15) is 0 Å². The average Bonchev–Trinajstić information content (AvgIpc) is 2.30. The molecule has 96 valence electrons. The van der Waals surface area contributed by atoms with E-state index in [4.69, 9.17) is 4.74 Å². The first-order chi connectivity index (χ1) is 8.17. The molecule has 0 aliphatic carbocycles. The monoisotopic (exact) mass is 362 g/mol. The summed E-state index contributed by atoms with van der Waals surface area (Å²) in [5.74, 6) is 0.995. The van der Waals surface area contributed by atoms with E-state index in [0.29, 0.717) is 4.83 Å². The molecule has 0 heterocycles. The second-order valence-electron chi connectivity index (χ2n) is 4.23. The Kier molecular flexibility index (Phi) is 7.21. The Morgan fingerprint density at radius 2 is 2.06 bits per heavy atom. The van der Waals surface area contributed by atoms with Gasteiger partial charge >= 0.3 is 0 Å². The molecule has 0 amide bonds. The quantitative estimate of drug-likeness (QED) is 0.593. The summed E-state index contributed by atoms with van der Waals surface area (Å²) in [7, 11) is 1.73. The largest absolute Gasteiger partial charge is 0.496 e. The van der Waals surface area contributed by atoms with Crippen LogP contribution in [0.15, 0.2) is 22.7 Å². The predicted octanol–water partition coefficient (Wildman–Crippen LogP) is 5.34. The molecule has 0 bridgehead atoms. The van der Waals surface area contributed by atoms with Crippen molar-refractivity contribution in [2.45, 2.75) is 43.9 Å². The Morgan fingerprint density at radius 1 is 1.29 bits per heavy atom. The average molecular weight is 364 g/mol. The minimum atomic E-state index is 0.658. The highest BCUT2D eigenvalue weighted by atomic mass is 79.9. The van der Waals surface area contributed by atoms with Crippen molar-refractivity contribution in [1.82, 2.24) is 0 Å². The lowest BCUT2D eigenvalue weighted by Gasteiger charge is -2.11. The summed E-state index contributed by atoms with van der Waals surface area (Å²) in [6, 6.07) is 6.20. The lowest BCUT2D eigenvalue weighted by Crippen LogP contribution is -1.99. The molecule has 1 unspecified atom stereocenters. The maximum absolute atomic E-state index is 5.37. The Labute approximate surface area is 121 Å². The van der Waals surface area contributed by atoms with Crippen LogP contribution in [0, 0.1) is 0 Å². The van der Waals surface area contributed by atoms with Crippen LogP contribution in [-0.2, 0) is 6.42 Å². The summed E-state index contributed by atoms with van der Waals surface area (Å²) in [6.07, 6.45) is 6.01. The Morgan fingerprint density at radius 3 is 2.71 bits per heavy atom. The molecular formula is C14H20Br2O. The molecule has 0 N–H and O–H groups in total. The fourth-order valence-corrected chi connectivity index (χ4v) is 3.10. The highest BCUT2D eigenvalue weighted by Gasteiger charge is 2.06. The SMILES string of the molecule is CCCC(Br)CCCc1cc(Br)ccc1OC. The maximum atomic E-state index is 5.37. The third-order valence-electron chi connectivity index (χ3n) is 2.81. The molecule has 17 heavy (non-hydrogen) atoms. The summed E-state index contributed by atoms with van der Waals surface area (Å²) in [5, 5.41) is 0. The van der Waals surface area contributed by atoms with Gasteiger partial charge in [0.25, 0.3) is 0 Å². The third kappa shape index (κ3) is 5.43. The summed E-state index contributed by atoms with van der Waals surface area (Å²) < 4.78 is 6.50. The van der Waals surface area contributed by atoms with Gasteiger partial charge in [0.15, 0.2) is 0 Å². The predicted molar refractivity (Wildman–Crippen MR) is 81.3 cm³/mol. The highest BCUT2D eigenvalue weighted by molar-refractivity contribution is 9.10. The van der Waals surface area contributed by atoms with Crippen LogP contribution in [0.25, 0.3) is 0 Å². The van der Waals surface area contributed by atoms with E-state index in [1.165, 1.54) is 31.2 Å². The van der Waals surface area contributed by atoms with E-state index in [-0.39, 0.29) is 0 Å². The van der Waals surface area contributed by atoms with Crippen molar-refractivity contribution in [1.29, 1.82) is 0 Å². The zero-order valence-electron chi connectivity index (χ0n) is 10.5. The molecule has 0 saturated carbocycles. The van der Waals surface area contributed by atoms with E-state index in [2.05, 4.69) is 44.8 Å². The number of hydrogen-bond acceptors (Lipinski definition) is 1. The van der Waals surface area contributed by atoms with Crippen LogP contribution in [0.4, 0.5) is 0 Å². The van der Waals surface area contributed by atoms with Gasteiger partial charge < -0.3 is 4.74 Å². The smallest absolute Gasteiger partial charge is 0.122 e. The molecule has 0 spiro atoms. The van der Waals surface area contributed by atoms with Gasteiger partial charge in [0.1, 0.15) is 5.75 Å². The van der Waals surface area contributed by atoms with E-state index in [0.717, 1.165) is 16.6 Å². The molecule has 1 nitrogen and oxygen atoms in total. The Balaban J connectivity index is 2.48. The van der Waals surface area contributed by atoms with Gasteiger partial charge in [0, 0.05) is 9.30 Å². The van der Waals surface area contributed by atoms with Crippen LogP contribution in [-0.4, -0.2) is 11.9 Å². The van der Waals surface area contributed by atoms with Gasteiger partial charge in [0.2, 0.25) is 0 Å². The number of methoxy groups -OCH3 is 1. The van der Waals surface area contributed by atoms with Gasteiger partial charge in [-0.25, -0.2) is 0 Å². The number of halogens is 2. The van der Waals surface area contributed by atoms with E-state index in [1.54, 1.807) is 7.11 Å². The van der Waals surface area contributed by atoms with Crippen LogP contribution in [0.5, 0.6) is 5.75 Å². The van der Waals surface area contributed by atoms with Crippen LogP contribution in [0.1, 0.15) is 38.2 Å². The topological polar surface area (TPSA) is 9.23 Å². The zero-order valence-corrected chi connectivity index (χ0v) is 13.7. The van der Waals surface area contributed by atoms with Crippen molar-refractivity contribution in [3.63, 3.8) is 0 Å². The van der Waals surface area contributed by atoms with Crippen LogP contribution < -0.4 is 4.74 Å². The summed E-state index contributed by atoms with van der Waals surface area (Å²) in [6.45, 7) is 2.23. The van der Waals surface area contributed by atoms with Crippen LogP contribution >= 0.6 is 31.9 Å². The number of ether oxygens (including phenoxy) is 1. The molecule has 1 aromatic carbocycles. The summed E-state index contributed by atoms with van der Waals surface area (Å²) in [5.41, 5.74) is 1.29. The molecule has 1 atom stereocenters. The van der Waals surface area contributed by atoms with Gasteiger partial charge in [-0.15, -0.1) is 0 Å². The second-order valence-corrected chi connectivity index (χ2v) is 6.44. The van der Waals surface area contributed by atoms with Gasteiger partial charge in [0.05, 0.1) is 7.11 Å². The van der Waals surface area contributed by atoms with Crippen molar-refractivity contribution in [2.75, 3.05) is 7.11 Å². The van der Waals surface area contributed by atoms with Crippen molar-refractivity contribution < 1.29 is 4.74 Å².